The van der Waals surface area contributed by atoms with E-state index < -0.39 is 11.9 Å². The molecule has 0 aliphatic carbocycles. The standard InChI is InChI=1S/C19H16O2/c20-19(21)18(15-7-2-1-3-8-15)13-16-11-6-10-14-9-4-5-12-17(14)16/h1-12,18H,13H2,(H,20,21). The summed E-state index contributed by atoms with van der Waals surface area (Å²) < 4.78 is 0. The highest BCUT2D eigenvalue weighted by atomic mass is 16.4. The molecule has 0 bridgehead atoms. The molecule has 104 valence electrons. The van der Waals surface area contributed by atoms with Gasteiger partial charge in [-0.05, 0) is 28.3 Å². The largest absolute Gasteiger partial charge is 0.481 e. The lowest BCUT2D eigenvalue weighted by Gasteiger charge is -2.14. The molecule has 0 aliphatic heterocycles. The minimum absolute atomic E-state index is 0.501. The van der Waals surface area contributed by atoms with Crippen LogP contribution in [0.5, 0.6) is 0 Å². The van der Waals surface area contributed by atoms with Gasteiger partial charge in [-0.25, -0.2) is 0 Å². The number of carboxylic acids is 1. The number of carboxylic acid groups (broad SMARTS) is 1. The van der Waals surface area contributed by atoms with Gasteiger partial charge in [-0.1, -0.05) is 72.8 Å². The van der Waals surface area contributed by atoms with E-state index in [1.807, 2.05) is 54.6 Å². The molecule has 3 aromatic rings. The molecule has 0 heterocycles. The van der Waals surface area contributed by atoms with E-state index in [2.05, 4.69) is 18.2 Å². The van der Waals surface area contributed by atoms with Gasteiger partial charge >= 0.3 is 5.97 Å². The smallest absolute Gasteiger partial charge is 0.311 e. The summed E-state index contributed by atoms with van der Waals surface area (Å²) in [6.07, 6.45) is 0.501. The van der Waals surface area contributed by atoms with E-state index in [9.17, 15) is 9.90 Å². The molecule has 2 heteroatoms. The van der Waals surface area contributed by atoms with Crippen molar-refractivity contribution in [1.82, 2.24) is 0 Å². The fourth-order valence-corrected chi connectivity index (χ4v) is 2.72. The summed E-state index contributed by atoms with van der Waals surface area (Å²) in [7, 11) is 0. The molecule has 21 heavy (non-hydrogen) atoms. The Morgan fingerprint density at radius 3 is 2.29 bits per heavy atom. The third kappa shape index (κ3) is 2.79. The predicted molar refractivity (Wildman–Crippen MR) is 84.5 cm³/mol. The van der Waals surface area contributed by atoms with Crippen molar-refractivity contribution in [3.63, 3.8) is 0 Å². The van der Waals surface area contributed by atoms with E-state index in [4.69, 9.17) is 0 Å². The first-order chi connectivity index (χ1) is 10.3. The van der Waals surface area contributed by atoms with Crippen molar-refractivity contribution in [1.29, 1.82) is 0 Å². The van der Waals surface area contributed by atoms with Crippen LogP contribution in [0.25, 0.3) is 10.8 Å². The Labute approximate surface area is 123 Å². The predicted octanol–water partition coefficient (Wildman–Crippen LogP) is 4.25. The van der Waals surface area contributed by atoms with Crippen LogP contribution in [0.2, 0.25) is 0 Å². The van der Waals surface area contributed by atoms with Gasteiger partial charge in [0.05, 0.1) is 5.92 Å². The number of hydrogen-bond acceptors (Lipinski definition) is 1. The molecule has 0 saturated carbocycles. The SMILES string of the molecule is O=C(O)C(Cc1cccc2ccccc12)c1ccccc1. The second-order valence-corrected chi connectivity index (χ2v) is 5.14. The number of fused-ring (bicyclic) bond motifs is 1. The second kappa shape index (κ2) is 5.80. The van der Waals surface area contributed by atoms with Crippen LogP contribution in [0, 0.1) is 0 Å². The highest BCUT2D eigenvalue weighted by Gasteiger charge is 2.20. The Morgan fingerprint density at radius 2 is 1.52 bits per heavy atom. The molecular formula is C19H16O2. The Bertz CT molecular complexity index is 757. The fraction of sp³-hybridized carbons (Fsp3) is 0.105. The van der Waals surface area contributed by atoms with Crippen LogP contribution in [0.3, 0.4) is 0 Å². The normalized spacial score (nSPS) is 12.2. The quantitative estimate of drug-likeness (QED) is 0.773. The van der Waals surface area contributed by atoms with Gasteiger partial charge in [0.25, 0.3) is 0 Å². The molecule has 1 N–H and O–H groups in total. The molecule has 0 saturated heterocycles. The van der Waals surface area contributed by atoms with Gasteiger partial charge in [-0.15, -0.1) is 0 Å². The summed E-state index contributed by atoms with van der Waals surface area (Å²) in [5.41, 5.74) is 1.92. The van der Waals surface area contributed by atoms with Gasteiger partial charge < -0.3 is 5.11 Å². The molecular weight excluding hydrogens is 260 g/mol. The van der Waals surface area contributed by atoms with Gasteiger partial charge in [0.2, 0.25) is 0 Å². The van der Waals surface area contributed by atoms with Gasteiger partial charge in [-0.3, -0.25) is 4.79 Å². The van der Waals surface area contributed by atoms with Crippen molar-refractivity contribution in [2.45, 2.75) is 12.3 Å². The molecule has 2 nitrogen and oxygen atoms in total. The zero-order valence-electron chi connectivity index (χ0n) is 11.6. The van der Waals surface area contributed by atoms with Crippen LogP contribution in [-0.2, 0) is 11.2 Å². The summed E-state index contributed by atoms with van der Waals surface area (Å²) in [6.45, 7) is 0. The highest BCUT2D eigenvalue weighted by molar-refractivity contribution is 5.86. The van der Waals surface area contributed by atoms with E-state index in [1.54, 1.807) is 0 Å². The molecule has 3 aromatic carbocycles. The topological polar surface area (TPSA) is 37.3 Å². The zero-order valence-corrected chi connectivity index (χ0v) is 11.6. The Hall–Kier alpha value is -2.61. The molecule has 1 unspecified atom stereocenters. The van der Waals surface area contributed by atoms with E-state index in [0.717, 1.165) is 21.9 Å². The van der Waals surface area contributed by atoms with Crippen LogP contribution in [0.1, 0.15) is 17.0 Å². The summed E-state index contributed by atoms with van der Waals surface area (Å²) in [6, 6.07) is 23.6. The zero-order chi connectivity index (χ0) is 14.7. The Morgan fingerprint density at radius 1 is 0.857 bits per heavy atom. The van der Waals surface area contributed by atoms with Crippen LogP contribution in [-0.4, -0.2) is 11.1 Å². The van der Waals surface area contributed by atoms with Crippen molar-refractivity contribution in [2.24, 2.45) is 0 Å². The molecule has 0 radical (unpaired) electrons. The summed E-state index contributed by atoms with van der Waals surface area (Å²) in [5.74, 6) is -1.30. The number of aliphatic carboxylic acids is 1. The van der Waals surface area contributed by atoms with Crippen molar-refractivity contribution in [3.05, 3.63) is 83.9 Å². The minimum atomic E-state index is -0.783. The maximum absolute atomic E-state index is 11.6. The van der Waals surface area contributed by atoms with Crippen molar-refractivity contribution < 1.29 is 9.90 Å². The van der Waals surface area contributed by atoms with Gasteiger partial charge in [0.15, 0.2) is 0 Å². The first kappa shape index (κ1) is 13.4. The Kier molecular flexibility index (Phi) is 3.69. The van der Waals surface area contributed by atoms with Gasteiger partial charge in [0.1, 0.15) is 0 Å². The van der Waals surface area contributed by atoms with Crippen molar-refractivity contribution in [2.75, 3.05) is 0 Å². The molecule has 0 amide bonds. The summed E-state index contributed by atoms with van der Waals surface area (Å²) in [5, 5.41) is 11.8. The summed E-state index contributed by atoms with van der Waals surface area (Å²) >= 11 is 0. The van der Waals surface area contributed by atoms with Crippen LogP contribution in [0.15, 0.2) is 72.8 Å². The average Bonchev–Trinajstić information content (AvgIpc) is 2.53. The molecule has 0 spiro atoms. The minimum Gasteiger partial charge on any atom is -0.481 e. The van der Waals surface area contributed by atoms with Gasteiger partial charge in [0, 0.05) is 0 Å². The third-order valence-corrected chi connectivity index (χ3v) is 3.80. The number of rotatable bonds is 4. The van der Waals surface area contributed by atoms with E-state index in [1.165, 1.54) is 0 Å². The van der Waals surface area contributed by atoms with E-state index >= 15 is 0 Å². The maximum Gasteiger partial charge on any atom is 0.311 e. The molecule has 0 aromatic heterocycles. The third-order valence-electron chi connectivity index (χ3n) is 3.80. The highest BCUT2D eigenvalue weighted by Crippen LogP contribution is 2.26. The van der Waals surface area contributed by atoms with E-state index in [0.29, 0.717) is 6.42 Å². The maximum atomic E-state index is 11.6. The lowest BCUT2D eigenvalue weighted by molar-refractivity contribution is -0.138. The monoisotopic (exact) mass is 276 g/mol. The van der Waals surface area contributed by atoms with E-state index in [-0.39, 0.29) is 0 Å². The molecule has 1 atom stereocenters. The first-order valence-corrected chi connectivity index (χ1v) is 7.00. The first-order valence-electron chi connectivity index (χ1n) is 7.00. The van der Waals surface area contributed by atoms with Crippen LogP contribution in [0.4, 0.5) is 0 Å². The molecule has 0 fully saturated rings. The summed E-state index contributed by atoms with van der Waals surface area (Å²) in [4.78, 5) is 11.6. The molecule has 3 rings (SSSR count). The number of carbonyl (C=O) groups is 1. The second-order valence-electron chi connectivity index (χ2n) is 5.14. The van der Waals surface area contributed by atoms with Crippen molar-refractivity contribution >= 4 is 16.7 Å². The fourth-order valence-electron chi connectivity index (χ4n) is 2.72. The van der Waals surface area contributed by atoms with Crippen LogP contribution >= 0.6 is 0 Å². The van der Waals surface area contributed by atoms with Crippen LogP contribution < -0.4 is 0 Å². The molecule has 0 aliphatic rings. The Balaban J connectivity index is 2.01. The number of benzene rings is 3. The van der Waals surface area contributed by atoms with Crippen molar-refractivity contribution in [3.8, 4) is 0 Å². The number of hydrogen-bond donors (Lipinski definition) is 1. The average molecular weight is 276 g/mol. The lowest BCUT2D eigenvalue weighted by atomic mass is 9.90. The van der Waals surface area contributed by atoms with Gasteiger partial charge in [-0.2, -0.15) is 0 Å². The lowest BCUT2D eigenvalue weighted by Crippen LogP contribution is -2.14.